The number of aromatic carboxylic acids is 1. The number of carboxylic acids is 2. The third kappa shape index (κ3) is 62.4. The Hall–Kier alpha value is -9.91. The second-order valence-electron chi connectivity index (χ2n) is 41.3. The molecule has 816 valence electrons. The van der Waals surface area contributed by atoms with Gasteiger partial charge in [0.25, 0.3) is 0 Å². The van der Waals surface area contributed by atoms with Gasteiger partial charge in [-0.05, 0) is 336 Å². The van der Waals surface area contributed by atoms with E-state index in [1.54, 1.807) is 24.3 Å². The number of hydrogen-bond acceptors (Lipinski definition) is 10. The summed E-state index contributed by atoms with van der Waals surface area (Å²) in [7, 11) is 3.91. The number of esters is 3. The summed E-state index contributed by atoms with van der Waals surface area (Å²) in [5.41, 5.74) is 18.6. The van der Waals surface area contributed by atoms with Crippen molar-refractivity contribution in [1.82, 2.24) is 4.90 Å². The Kier molecular flexibility index (Phi) is 79.4. The van der Waals surface area contributed by atoms with Crippen LogP contribution >= 0.6 is 0 Å². The molecule has 3 N–H and O–H groups in total. The molecule has 0 spiro atoms. The highest BCUT2D eigenvalue weighted by atomic mass is 16.5. The minimum absolute atomic E-state index is 0.0551. The first kappa shape index (κ1) is 138. The molecule has 9 aromatic carbocycles. The molecule has 146 heavy (non-hydrogen) atoms. The van der Waals surface area contributed by atoms with Gasteiger partial charge in [-0.25, -0.2) is 4.79 Å². The lowest BCUT2D eigenvalue weighted by atomic mass is 9.91. The number of phenolic OH excluding ortho intramolecular Hbond substituents is 1. The van der Waals surface area contributed by atoms with Gasteiger partial charge in [-0.1, -0.05) is 413 Å². The molecule has 9 rings (SSSR count). The second kappa shape index (κ2) is 84.0. The molecular weight excluding hydrogens is 1800 g/mol. The molecule has 0 aliphatic carbocycles. The summed E-state index contributed by atoms with van der Waals surface area (Å²) in [6.45, 7) is 69.9. The second-order valence-corrected chi connectivity index (χ2v) is 41.3. The van der Waals surface area contributed by atoms with E-state index < -0.39 is 11.9 Å². The van der Waals surface area contributed by atoms with Crippen LogP contribution in [0.5, 0.6) is 5.75 Å². The monoisotopic (exact) mass is 2010 g/mol. The largest absolute Gasteiger partial charge is 0.508 e. The number of carbonyl (C=O) groups excluding carboxylic acids is 3. The topological polar surface area (TPSA) is 177 Å². The van der Waals surface area contributed by atoms with Crippen molar-refractivity contribution in [3.8, 4) is 5.75 Å². The minimum atomic E-state index is -0.865. The van der Waals surface area contributed by atoms with Crippen LogP contribution in [0.3, 0.4) is 0 Å². The average molecular weight is 2010 g/mol. The van der Waals surface area contributed by atoms with Crippen molar-refractivity contribution >= 4 is 29.8 Å². The molecule has 0 aromatic heterocycles. The van der Waals surface area contributed by atoms with E-state index in [-0.39, 0.29) is 35.7 Å². The molecule has 0 amide bonds. The molecule has 9 aromatic rings. The molecule has 14 atom stereocenters. The molecule has 0 heterocycles. The molecule has 0 fully saturated rings. The zero-order valence-electron chi connectivity index (χ0n) is 98.2. The molecule has 0 saturated heterocycles. The molecule has 12 heteroatoms. The van der Waals surface area contributed by atoms with Gasteiger partial charge in [0.2, 0.25) is 0 Å². The summed E-state index contributed by atoms with van der Waals surface area (Å²) in [6.07, 6.45) is 22.2. The summed E-state index contributed by atoms with van der Waals surface area (Å²) in [5, 5.41) is 26.2. The van der Waals surface area contributed by atoms with E-state index in [0.717, 1.165) is 57.9 Å². The third-order valence-electron chi connectivity index (χ3n) is 29.3. The van der Waals surface area contributed by atoms with Gasteiger partial charge in [-0.2, -0.15) is 0 Å². The average Bonchev–Trinajstić information content (AvgIpc) is 0.889. The van der Waals surface area contributed by atoms with Crippen LogP contribution in [0.25, 0.3) is 0 Å². The lowest BCUT2D eigenvalue weighted by molar-refractivity contribution is -0.154. The number of carboxylic acid groups (broad SMARTS) is 2. The Morgan fingerprint density at radius 1 is 0.267 bits per heavy atom. The SMILES string of the molecule is CCC(C)(C)C(=O)OCCN(C)C.CCC(C)C(=O)OCCCCCC(=O)OCCCCCC(=O)O.CCC(C)c1ccc(C(=O)O)cc1.CCC(C)c1ccc(C(C)CC)cc1.CCC(C)c1ccc(C(C)CC)cc1.CCC(C)c1ccc(C(C)CC)cc1.CCC(C)c1ccc(C(C)CC)cc1.CCC(C)c1ccc(O)cc1.CCC(C)c1ccccc1.CCC(C)c1ccccc1.CCC(C)c1ccccc1. The quantitative estimate of drug-likeness (QED) is 0.0187. The third-order valence-corrected chi connectivity index (χ3v) is 29.3. The van der Waals surface area contributed by atoms with Gasteiger partial charge in [-0.15, -0.1) is 0 Å². The number of benzene rings is 9. The Morgan fingerprint density at radius 2 is 0.486 bits per heavy atom. The van der Waals surface area contributed by atoms with Crippen LogP contribution in [0, 0.1) is 11.3 Å². The van der Waals surface area contributed by atoms with Crippen LogP contribution in [-0.2, 0) is 33.4 Å². The van der Waals surface area contributed by atoms with Gasteiger partial charge >= 0.3 is 29.8 Å². The predicted octanol–water partition coefficient (Wildman–Crippen LogP) is 39.1. The highest BCUT2D eigenvalue weighted by Gasteiger charge is 2.27. The summed E-state index contributed by atoms with van der Waals surface area (Å²) in [4.78, 5) is 57.2. The molecule has 12 nitrogen and oxygen atoms in total. The van der Waals surface area contributed by atoms with Crippen LogP contribution in [0.2, 0.25) is 0 Å². The number of hydrogen-bond donors (Lipinski definition) is 3. The normalized spacial score (nSPS) is 13.5. The van der Waals surface area contributed by atoms with Crippen molar-refractivity contribution < 1.29 is 53.5 Å². The van der Waals surface area contributed by atoms with Gasteiger partial charge in [-0.3, -0.25) is 19.2 Å². The number of rotatable bonds is 46. The van der Waals surface area contributed by atoms with E-state index >= 15 is 0 Å². The number of ether oxygens (including phenoxy) is 3. The number of phenols is 1. The number of nitrogens with zero attached hydrogens (tertiary/aromatic N) is 1. The lowest BCUT2D eigenvalue weighted by Gasteiger charge is -2.20. The van der Waals surface area contributed by atoms with Gasteiger partial charge in [0.1, 0.15) is 12.4 Å². The van der Waals surface area contributed by atoms with Crippen molar-refractivity contribution in [3.05, 3.63) is 314 Å². The maximum Gasteiger partial charge on any atom is 0.335 e. The highest BCUT2D eigenvalue weighted by molar-refractivity contribution is 5.87. The Bertz CT molecular complexity index is 4180. The highest BCUT2D eigenvalue weighted by Crippen LogP contribution is 2.31. The Balaban J connectivity index is 0. The molecule has 14 unspecified atom stereocenters. The van der Waals surface area contributed by atoms with Crippen LogP contribution in [-0.4, -0.2) is 90.5 Å². The lowest BCUT2D eigenvalue weighted by Crippen LogP contribution is -2.28. The molecule has 0 aliphatic rings. The summed E-state index contributed by atoms with van der Waals surface area (Å²) in [6, 6.07) is 83.0. The van der Waals surface area contributed by atoms with E-state index in [1.807, 2.05) is 77.9 Å². The van der Waals surface area contributed by atoms with Crippen molar-refractivity contribution in [2.75, 3.05) is 40.5 Å². The predicted molar refractivity (Wildman–Crippen MR) is 629 cm³/mol. The molecule has 0 radical (unpaired) electrons. The molecule has 0 saturated carbocycles. The number of likely N-dealkylation sites (N-methyl/N-ethyl adjacent to an activating group) is 1. The fraction of sp³-hybridized carbons (Fsp3) is 0.560. The van der Waals surface area contributed by atoms with Crippen LogP contribution in [0.15, 0.2) is 237 Å². The molecule has 0 bridgehead atoms. The zero-order valence-corrected chi connectivity index (χ0v) is 98.2. The number of unbranched alkanes of at least 4 members (excludes halogenated alkanes) is 4. The van der Waals surface area contributed by atoms with Gasteiger partial charge in [0.15, 0.2) is 0 Å². The summed E-state index contributed by atoms with van der Waals surface area (Å²) in [5.74, 6) is 6.94. The van der Waals surface area contributed by atoms with Crippen LogP contribution in [0.1, 0.15) is 522 Å². The number of aromatic hydroxyl groups is 1. The van der Waals surface area contributed by atoms with Gasteiger partial charge < -0.3 is 34.4 Å². The van der Waals surface area contributed by atoms with Crippen molar-refractivity contribution in [3.63, 3.8) is 0 Å². The smallest absolute Gasteiger partial charge is 0.335 e. The van der Waals surface area contributed by atoms with E-state index in [9.17, 15) is 24.0 Å². The number of aliphatic carboxylic acids is 1. The Morgan fingerprint density at radius 3 is 0.699 bits per heavy atom. The fourth-order valence-corrected chi connectivity index (χ4v) is 14.3. The number of carbonyl (C=O) groups is 5. The van der Waals surface area contributed by atoms with Gasteiger partial charge in [0.05, 0.1) is 30.1 Å². The maximum absolute atomic E-state index is 11.5. The van der Waals surface area contributed by atoms with E-state index in [1.165, 1.54) is 143 Å². The van der Waals surface area contributed by atoms with Crippen molar-refractivity contribution in [1.29, 1.82) is 0 Å². The minimum Gasteiger partial charge on any atom is -0.508 e. The fourth-order valence-electron chi connectivity index (χ4n) is 14.3. The summed E-state index contributed by atoms with van der Waals surface area (Å²) >= 11 is 0. The van der Waals surface area contributed by atoms with Gasteiger partial charge in [0, 0.05) is 19.4 Å². The van der Waals surface area contributed by atoms with E-state index in [2.05, 4.69) is 368 Å². The first-order valence-electron chi connectivity index (χ1n) is 56.5. The summed E-state index contributed by atoms with van der Waals surface area (Å²) < 4.78 is 15.3. The first-order valence-corrected chi connectivity index (χ1v) is 56.5. The zero-order chi connectivity index (χ0) is 110. The standard InChI is InChI=1S/C17H30O6.4C14H22.C11H14O2.C10H21NO2.C10H14O.3C10H14/c1-3-14(2)17(21)23-13-9-5-7-11-16(20)22-12-8-4-6-10-15(18)19;4*1-5-11(3)13-7-9-14(10-8-13)12(4)6-2;1-3-8(2)9-4-6-10(7-5-9)11(12)13;1-6-10(2,3)9(12)13-8-7-11(4)5;1-3-8(2)9-4-6-10(11)7-5-9;3*1-3-9(2)10-7-5-4-6-8-10/h14H,3-13H2,1-2H3,(H,18,19);4*7-12H,5-6H2,1-4H3;4-8H,3H2,1-2H3,(H,12,13);6-8H2,1-5H3;4-8,11H,3H2,1-2H3;3*4-9H,3H2,1-2H3. The van der Waals surface area contributed by atoms with E-state index in [0.29, 0.717) is 127 Å². The van der Waals surface area contributed by atoms with Crippen LogP contribution in [0.4, 0.5) is 0 Å². The molecular formula is C134H209NO11. The maximum atomic E-state index is 11.5. The van der Waals surface area contributed by atoms with Crippen molar-refractivity contribution in [2.24, 2.45) is 11.3 Å². The first-order chi connectivity index (χ1) is 69.5. The molecule has 0 aliphatic heterocycles. The van der Waals surface area contributed by atoms with Crippen LogP contribution < -0.4 is 0 Å². The van der Waals surface area contributed by atoms with Crippen molar-refractivity contribution in [2.45, 2.75) is 439 Å². The Labute approximate surface area is 893 Å². The van der Waals surface area contributed by atoms with E-state index in [4.69, 9.17) is 29.5 Å².